The Morgan fingerprint density at radius 3 is 2.67 bits per heavy atom. The van der Waals surface area contributed by atoms with Gasteiger partial charge in [-0.05, 0) is 19.4 Å². The lowest BCUT2D eigenvalue weighted by Gasteiger charge is -2.24. The second-order valence-electron chi connectivity index (χ2n) is 4.25. The second-order valence-corrected chi connectivity index (χ2v) is 5.19. The highest BCUT2D eigenvalue weighted by Gasteiger charge is 2.15. The van der Waals surface area contributed by atoms with Crippen molar-refractivity contribution in [1.29, 1.82) is 0 Å². The maximum Gasteiger partial charge on any atom is 0.210 e. The Hall–Kier alpha value is -1.68. The fourth-order valence-corrected chi connectivity index (χ4v) is 2.60. The average molecular weight is 260 g/mol. The molecule has 18 heavy (non-hydrogen) atoms. The summed E-state index contributed by atoms with van der Waals surface area (Å²) in [5.41, 5.74) is 2.14. The molecule has 0 fully saturated rings. The lowest BCUT2D eigenvalue weighted by atomic mass is 10.1. The smallest absolute Gasteiger partial charge is 0.210 e. The van der Waals surface area contributed by atoms with Gasteiger partial charge in [0.2, 0.25) is 6.41 Å². The Morgan fingerprint density at radius 2 is 2.11 bits per heavy atom. The minimum Gasteiger partial charge on any atom is -0.332 e. The number of benzene rings is 1. The maximum atomic E-state index is 11.2. The van der Waals surface area contributed by atoms with E-state index in [9.17, 15) is 4.79 Å². The van der Waals surface area contributed by atoms with Crippen molar-refractivity contribution in [2.24, 2.45) is 0 Å². The van der Waals surface area contributed by atoms with E-state index in [-0.39, 0.29) is 6.04 Å². The molecular formula is C14H16N2OS. The summed E-state index contributed by atoms with van der Waals surface area (Å²) in [6.07, 6.45) is 0.897. The van der Waals surface area contributed by atoms with Crippen LogP contribution in [0.2, 0.25) is 0 Å². The van der Waals surface area contributed by atoms with Gasteiger partial charge in [0.1, 0.15) is 5.01 Å². The van der Waals surface area contributed by atoms with Crippen LogP contribution in [-0.2, 0) is 11.3 Å². The lowest BCUT2D eigenvalue weighted by molar-refractivity contribution is -0.120. The standard InChI is InChI=1S/C14H16N2OS/c1-11-9-18-14(15-11)8-16(10-17)12(2)13-6-4-3-5-7-13/h3-7,9-10,12H,8H2,1-2H3. The molecule has 0 bridgehead atoms. The third kappa shape index (κ3) is 2.96. The first-order valence-electron chi connectivity index (χ1n) is 5.87. The number of thiazole rings is 1. The van der Waals surface area contributed by atoms with Gasteiger partial charge in [-0.2, -0.15) is 0 Å². The number of nitrogens with zero attached hydrogens (tertiary/aromatic N) is 2. The number of rotatable bonds is 5. The van der Waals surface area contributed by atoms with Crippen molar-refractivity contribution in [3.63, 3.8) is 0 Å². The van der Waals surface area contributed by atoms with Gasteiger partial charge in [0, 0.05) is 11.1 Å². The average Bonchev–Trinajstić information content (AvgIpc) is 2.82. The zero-order valence-corrected chi connectivity index (χ0v) is 11.4. The Kier molecular flexibility index (Phi) is 4.10. The van der Waals surface area contributed by atoms with E-state index >= 15 is 0 Å². The number of carbonyl (C=O) groups is 1. The van der Waals surface area contributed by atoms with Crippen LogP contribution in [0.1, 0.15) is 29.2 Å². The van der Waals surface area contributed by atoms with Crippen molar-refractivity contribution in [3.05, 3.63) is 52.0 Å². The first kappa shape index (κ1) is 12.8. The van der Waals surface area contributed by atoms with Crippen LogP contribution in [0.15, 0.2) is 35.7 Å². The SMILES string of the molecule is Cc1csc(CN(C=O)C(C)c2ccccc2)n1. The maximum absolute atomic E-state index is 11.2. The molecule has 1 heterocycles. The van der Waals surface area contributed by atoms with Crippen LogP contribution in [0.4, 0.5) is 0 Å². The highest BCUT2D eigenvalue weighted by atomic mass is 32.1. The van der Waals surface area contributed by atoms with Gasteiger partial charge in [0.15, 0.2) is 0 Å². The number of carbonyl (C=O) groups excluding carboxylic acids is 1. The van der Waals surface area contributed by atoms with Crippen molar-refractivity contribution in [3.8, 4) is 0 Å². The molecule has 0 saturated carbocycles. The topological polar surface area (TPSA) is 33.2 Å². The molecular weight excluding hydrogens is 244 g/mol. The minimum atomic E-state index is 0.0629. The van der Waals surface area contributed by atoms with Crippen LogP contribution in [0.25, 0.3) is 0 Å². The van der Waals surface area contributed by atoms with Gasteiger partial charge in [-0.25, -0.2) is 4.98 Å². The van der Waals surface area contributed by atoms with Gasteiger partial charge in [-0.15, -0.1) is 11.3 Å². The molecule has 0 saturated heterocycles. The molecule has 2 aromatic rings. The summed E-state index contributed by atoms with van der Waals surface area (Å²) < 4.78 is 0. The highest BCUT2D eigenvalue weighted by molar-refractivity contribution is 7.09. The summed E-state index contributed by atoms with van der Waals surface area (Å²) in [6.45, 7) is 4.56. The molecule has 0 aliphatic heterocycles. The van der Waals surface area contributed by atoms with Crippen LogP contribution >= 0.6 is 11.3 Å². The summed E-state index contributed by atoms with van der Waals surface area (Å²) in [7, 11) is 0. The quantitative estimate of drug-likeness (QED) is 0.774. The molecule has 1 aromatic heterocycles. The Labute approximate surface area is 111 Å². The zero-order valence-electron chi connectivity index (χ0n) is 10.5. The Bertz CT molecular complexity index is 510. The first-order chi connectivity index (χ1) is 8.70. The summed E-state index contributed by atoms with van der Waals surface area (Å²) in [6, 6.07) is 10.1. The van der Waals surface area contributed by atoms with E-state index < -0.39 is 0 Å². The van der Waals surface area contributed by atoms with E-state index in [4.69, 9.17) is 0 Å². The van der Waals surface area contributed by atoms with Crippen molar-refractivity contribution in [2.45, 2.75) is 26.4 Å². The van der Waals surface area contributed by atoms with E-state index in [0.717, 1.165) is 22.7 Å². The number of amides is 1. The van der Waals surface area contributed by atoms with Gasteiger partial charge in [0.25, 0.3) is 0 Å². The molecule has 3 nitrogen and oxygen atoms in total. The van der Waals surface area contributed by atoms with Crippen LogP contribution < -0.4 is 0 Å². The van der Waals surface area contributed by atoms with Gasteiger partial charge >= 0.3 is 0 Å². The van der Waals surface area contributed by atoms with Crippen LogP contribution in [0.5, 0.6) is 0 Å². The highest BCUT2D eigenvalue weighted by Crippen LogP contribution is 2.21. The monoisotopic (exact) mass is 260 g/mol. The largest absolute Gasteiger partial charge is 0.332 e. The van der Waals surface area contributed by atoms with Crippen LogP contribution in [-0.4, -0.2) is 16.3 Å². The summed E-state index contributed by atoms with van der Waals surface area (Å²) in [4.78, 5) is 17.4. The van der Waals surface area contributed by atoms with E-state index in [1.54, 1.807) is 16.2 Å². The van der Waals surface area contributed by atoms with E-state index in [2.05, 4.69) is 4.98 Å². The van der Waals surface area contributed by atoms with Gasteiger partial charge in [0.05, 0.1) is 12.6 Å². The fraction of sp³-hybridized carbons (Fsp3) is 0.286. The fourth-order valence-electron chi connectivity index (χ4n) is 1.82. The van der Waals surface area contributed by atoms with Gasteiger partial charge < -0.3 is 4.90 Å². The molecule has 4 heteroatoms. The lowest BCUT2D eigenvalue weighted by Crippen LogP contribution is -2.25. The molecule has 0 aliphatic rings. The molecule has 1 amide bonds. The number of hydrogen-bond donors (Lipinski definition) is 0. The third-order valence-corrected chi connectivity index (χ3v) is 3.85. The number of hydrogen-bond acceptors (Lipinski definition) is 3. The van der Waals surface area contributed by atoms with Crippen LogP contribution in [0.3, 0.4) is 0 Å². The van der Waals surface area contributed by atoms with Gasteiger partial charge in [-0.3, -0.25) is 4.79 Å². The van der Waals surface area contributed by atoms with Crippen LogP contribution in [0, 0.1) is 6.92 Å². The Balaban J connectivity index is 2.11. The normalized spacial score (nSPS) is 12.1. The molecule has 0 N–H and O–H groups in total. The zero-order chi connectivity index (χ0) is 13.0. The molecule has 0 aliphatic carbocycles. The molecule has 0 radical (unpaired) electrons. The predicted molar refractivity (Wildman–Crippen MR) is 73.3 cm³/mol. The summed E-state index contributed by atoms with van der Waals surface area (Å²) in [5, 5.41) is 2.98. The van der Waals surface area contributed by atoms with Crippen molar-refractivity contribution in [1.82, 2.24) is 9.88 Å². The van der Waals surface area contributed by atoms with E-state index in [0.29, 0.717) is 6.54 Å². The van der Waals surface area contributed by atoms with Crippen molar-refractivity contribution < 1.29 is 4.79 Å². The van der Waals surface area contributed by atoms with Crippen molar-refractivity contribution in [2.75, 3.05) is 0 Å². The first-order valence-corrected chi connectivity index (χ1v) is 6.75. The number of aromatic nitrogens is 1. The second kappa shape index (κ2) is 5.78. The molecule has 1 unspecified atom stereocenters. The molecule has 2 rings (SSSR count). The number of aryl methyl sites for hydroxylation is 1. The predicted octanol–water partition coefficient (Wildman–Crippen LogP) is 3.17. The summed E-state index contributed by atoms with van der Waals surface area (Å²) >= 11 is 1.59. The third-order valence-electron chi connectivity index (χ3n) is 2.90. The minimum absolute atomic E-state index is 0.0629. The molecule has 1 aromatic carbocycles. The van der Waals surface area contributed by atoms with E-state index in [1.165, 1.54) is 0 Å². The Morgan fingerprint density at radius 1 is 1.39 bits per heavy atom. The molecule has 94 valence electrons. The van der Waals surface area contributed by atoms with Crippen molar-refractivity contribution >= 4 is 17.7 Å². The van der Waals surface area contributed by atoms with Gasteiger partial charge in [-0.1, -0.05) is 30.3 Å². The summed E-state index contributed by atoms with van der Waals surface area (Å²) in [5.74, 6) is 0. The molecule has 1 atom stereocenters. The van der Waals surface area contributed by atoms with E-state index in [1.807, 2.05) is 49.6 Å². The molecule has 0 spiro atoms.